The van der Waals surface area contributed by atoms with E-state index in [1.54, 1.807) is 25.1 Å². The Morgan fingerprint density at radius 1 is 1.47 bits per heavy atom. The highest BCUT2D eigenvalue weighted by molar-refractivity contribution is 5.88. The number of hydrogen-bond acceptors (Lipinski definition) is 3. The van der Waals surface area contributed by atoms with Gasteiger partial charge in [0.15, 0.2) is 0 Å². The lowest BCUT2D eigenvalue weighted by atomic mass is 10.3. The first-order valence-corrected chi connectivity index (χ1v) is 5.19. The van der Waals surface area contributed by atoms with Crippen LogP contribution < -0.4 is 0 Å². The van der Waals surface area contributed by atoms with Crippen molar-refractivity contribution in [1.29, 1.82) is 0 Å². The number of carbonyl (C=O) groups is 1. The van der Waals surface area contributed by atoms with E-state index >= 15 is 0 Å². The summed E-state index contributed by atoms with van der Waals surface area (Å²) < 4.78 is 19.6. The van der Waals surface area contributed by atoms with Crippen LogP contribution >= 0.6 is 0 Å². The monoisotopic (exact) mass is 234 g/mol. The van der Waals surface area contributed by atoms with Crippen molar-refractivity contribution in [2.24, 2.45) is 0 Å². The third-order valence-corrected chi connectivity index (χ3v) is 2.19. The summed E-state index contributed by atoms with van der Waals surface area (Å²) in [5, 5.41) is 3.93. The topological polar surface area (TPSA) is 44.1 Å². The number of ether oxygens (including phenoxy) is 1. The van der Waals surface area contributed by atoms with E-state index in [9.17, 15) is 9.18 Å². The first-order chi connectivity index (χ1) is 8.22. The quantitative estimate of drug-likeness (QED) is 0.764. The van der Waals surface area contributed by atoms with Crippen molar-refractivity contribution in [3.05, 3.63) is 48.0 Å². The molecule has 0 amide bonds. The molecule has 1 aromatic heterocycles. The zero-order valence-corrected chi connectivity index (χ0v) is 9.26. The fourth-order valence-corrected chi connectivity index (χ4v) is 1.41. The average molecular weight is 234 g/mol. The first kappa shape index (κ1) is 11.3. The lowest BCUT2D eigenvalue weighted by Gasteiger charge is -2.01. The van der Waals surface area contributed by atoms with Crippen molar-refractivity contribution < 1.29 is 13.9 Å². The number of nitrogens with zero attached hydrogens (tertiary/aromatic N) is 2. The zero-order chi connectivity index (χ0) is 12.3. The molecule has 2 rings (SSSR count). The number of esters is 1. The summed E-state index contributed by atoms with van der Waals surface area (Å²) in [5.41, 5.74) is 0.596. The van der Waals surface area contributed by atoms with E-state index in [1.165, 1.54) is 23.1 Å². The highest BCUT2D eigenvalue weighted by Gasteiger charge is 2.11. The van der Waals surface area contributed by atoms with Crippen LogP contribution in [-0.4, -0.2) is 22.4 Å². The van der Waals surface area contributed by atoms with Gasteiger partial charge < -0.3 is 4.74 Å². The molecule has 1 aromatic carbocycles. The molecule has 88 valence electrons. The molecule has 0 aliphatic rings. The van der Waals surface area contributed by atoms with Gasteiger partial charge in [-0.15, -0.1) is 0 Å². The second-order valence-electron chi connectivity index (χ2n) is 3.35. The van der Waals surface area contributed by atoms with Crippen LogP contribution in [0.5, 0.6) is 0 Å². The molecule has 0 bridgehead atoms. The van der Waals surface area contributed by atoms with E-state index in [4.69, 9.17) is 4.74 Å². The highest BCUT2D eigenvalue weighted by atomic mass is 19.1. The number of para-hydroxylation sites is 1. The molecular formula is C12H11FN2O2. The van der Waals surface area contributed by atoms with E-state index in [-0.39, 0.29) is 0 Å². The molecule has 0 saturated heterocycles. The molecule has 0 unspecified atom stereocenters. The summed E-state index contributed by atoms with van der Waals surface area (Å²) in [5.74, 6) is -0.860. The highest BCUT2D eigenvalue weighted by Crippen LogP contribution is 2.12. The van der Waals surface area contributed by atoms with Crippen LogP contribution in [0.4, 0.5) is 4.39 Å². The lowest BCUT2D eigenvalue weighted by Crippen LogP contribution is -2.03. The van der Waals surface area contributed by atoms with E-state index in [1.807, 2.05) is 0 Å². The van der Waals surface area contributed by atoms with Crippen LogP contribution in [0.1, 0.15) is 17.3 Å². The second kappa shape index (κ2) is 4.78. The van der Waals surface area contributed by atoms with Crippen molar-refractivity contribution >= 4 is 5.97 Å². The van der Waals surface area contributed by atoms with Crippen LogP contribution in [0.2, 0.25) is 0 Å². The van der Waals surface area contributed by atoms with Gasteiger partial charge in [0, 0.05) is 6.20 Å². The van der Waals surface area contributed by atoms with Gasteiger partial charge in [0.05, 0.1) is 18.4 Å². The molecule has 0 fully saturated rings. The van der Waals surface area contributed by atoms with Gasteiger partial charge in [-0.1, -0.05) is 12.1 Å². The molecule has 2 aromatic rings. The summed E-state index contributed by atoms with van der Waals surface area (Å²) in [6.07, 6.45) is 2.79. The summed E-state index contributed by atoms with van der Waals surface area (Å²) in [6, 6.07) is 6.21. The molecule has 1 heterocycles. The third-order valence-electron chi connectivity index (χ3n) is 2.19. The maximum absolute atomic E-state index is 13.5. The van der Waals surface area contributed by atoms with Gasteiger partial charge in [0.2, 0.25) is 0 Å². The maximum Gasteiger partial charge on any atom is 0.341 e. The minimum Gasteiger partial charge on any atom is -0.462 e. The number of carbonyl (C=O) groups excluding carboxylic acids is 1. The number of benzene rings is 1. The summed E-state index contributed by atoms with van der Waals surface area (Å²) in [4.78, 5) is 11.4. The van der Waals surface area contributed by atoms with Gasteiger partial charge in [-0.3, -0.25) is 0 Å². The number of rotatable bonds is 3. The third kappa shape index (κ3) is 2.33. The van der Waals surface area contributed by atoms with Crippen LogP contribution in [0.3, 0.4) is 0 Å². The van der Waals surface area contributed by atoms with E-state index < -0.39 is 11.8 Å². The normalized spacial score (nSPS) is 10.2. The van der Waals surface area contributed by atoms with Crippen LogP contribution in [0.25, 0.3) is 5.69 Å². The lowest BCUT2D eigenvalue weighted by molar-refractivity contribution is 0.0526. The largest absolute Gasteiger partial charge is 0.462 e. The van der Waals surface area contributed by atoms with Crippen molar-refractivity contribution in [3.63, 3.8) is 0 Å². The molecule has 0 spiro atoms. The van der Waals surface area contributed by atoms with Crippen LogP contribution in [0, 0.1) is 5.82 Å². The number of hydrogen-bond donors (Lipinski definition) is 0. The fourth-order valence-electron chi connectivity index (χ4n) is 1.41. The minimum atomic E-state index is -0.463. The van der Waals surface area contributed by atoms with Gasteiger partial charge in [0.1, 0.15) is 11.5 Å². The summed E-state index contributed by atoms with van der Waals surface area (Å²) in [7, 11) is 0. The predicted octanol–water partition coefficient (Wildman–Crippen LogP) is 2.19. The van der Waals surface area contributed by atoms with E-state index in [2.05, 4.69) is 5.10 Å². The molecule has 0 atom stereocenters. The first-order valence-electron chi connectivity index (χ1n) is 5.19. The van der Waals surface area contributed by atoms with Gasteiger partial charge in [0.25, 0.3) is 0 Å². The zero-order valence-electron chi connectivity index (χ0n) is 9.26. The fraction of sp³-hybridized carbons (Fsp3) is 0.167. The van der Waals surface area contributed by atoms with Crippen molar-refractivity contribution in [2.75, 3.05) is 6.61 Å². The molecule has 0 aliphatic heterocycles. The molecular weight excluding hydrogens is 223 g/mol. The van der Waals surface area contributed by atoms with E-state index in [0.717, 1.165) is 0 Å². The molecule has 4 nitrogen and oxygen atoms in total. The molecule has 0 saturated carbocycles. The Morgan fingerprint density at radius 3 is 2.94 bits per heavy atom. The Bertz CT molecular complexity index is 537. The van der Waals surface area contributed by atoms with Crippen molar-refractivity contribution in [1.82, 2.24) is 9.78 Å². The Balaban J connectivity index is 2.30. The molecule has 17 heavy (non-hydrogen) atoms. The molecule has 0 N–H and O–H groups in total. The van der Waals surface area contributed by atoms with Gasteiger partial charge >= 0.3 is 5.97 Å². The Hall–Kier alpha value is -2.17. The summed E-state index contributed by atoms with van der Waals surface area (Å²) >= 11 is 0. The SMILES string of the molecule is CCOC(=O)c1cnn(-c2ccccc2F)c1. The van der Waals surface area contributed by atoms with Gasteiger partial charge in [-0.25, -0.2) is 13.9 Å². The van der Waals surface area contributed by atoms with Crippen LogP contribution in [0.15, 0.2) is 36.7 Å². The molecule has 0 aliphatic carbocycles. The van der Waals surface area contributed by atoms with Crippen molar-refractivity contribution in [3.8, 4) is 5.69 Å². The van der Waals surface area contributed by atoms with E-state index in [0.29, 0.717) is 17.9 Å². The van der Waals surface area contributed by atoms with Crippen molar-refractivity contribution in [2.45, 2.75) is 6.92 Å². The average Bonchev–Trinajstić information content (AvgIpc) is 2.79. The summed E-state index contributed by atoms with van der Waals surface area (Å²) in [6.45, 7) is 2.02. The second-order valence-corrected chi connectivity index (χ2v) is 3.35. The molecule has 0 radical (unpaired) electrons. The van der Waals surface area contributed by atoms with Gasteiger partial charge in [-0.2, -0.15) is 5.10 Å². The Kier molecular flexibility index (Phi) is 3.18. The maximum atomic E-state index is 13.5. The Labute approximate surface area is 97.6 Å². The van der Waals surface area contributed by atoms with Crippen LogP contribution in [-0.2, 0) is 4.74 Å². The number of halogens is 1. The minimum absolute atomic E-state index is 0.294. The van der Waals surface area contributed by atoms with Gasteiger partial charge in [-0.05, 0) is 19.1 Å². The molecule has 5 heteroatoms. The number of aromatic nitrogens is 2. The Morgan fingerprint density at radius 2 is 2.24 bits per heavy atom. The predicted molar refractivity (Wildman–Crippen MR) is 59.5 cm³/mol. The standard InChI is InChI=1S/C12H11FN2O2/c1-2-17-12(16)9-7-14-15(8-9)11-6-4-3-5-10(11)13/h3-8H,2H2,1H3. The smallest absolute Gasteiger partial charge is 0.341 e.